The number of carboxylic acid groups (broad SMARTS) is 1. The summed E-state index contributed by atoms with van der Waals surface area (Å²) in [6.45, 7) is 0. The van der Waals surface area contributed by atoms with Crippen LogP contribution >= 0.6 is 22.7 Å². The molecule has 5 heteroatoms. The lowest BCUT2D eigenvalue weighted by Crippen LogP contribution is -2.23. The molecule has 2 aromatic heterocycles. The minimum atomic E-state index is -1.12. The molecule has 0 N–H and O–H groups in total. The van der Waals surface area contributed by atoms with Crippen LogP contribution in [0.3, 0.4) is 0 Å². The standard InChI is InChI=1S/C12H10O3S2/c13-10(6-8-2-1-5-16-8)11-4-3-9(17-11)7-12(14)15/h1-5H,6-7H2,(H,14,15)/p-1. The number of thiophene rings is 2. The minimum absolute atomic E-state index is 0.0297. The van der Waals surface area contributed by atoms with Crippen molar-refractivity contribution in [2.24, 2.45) is 0 Å². The molecule has 0 aromatic carbocycles. The van der Waals surface area contributed by atoms with Gasteiger partial charge in [-0.05, 0) is 23.6 Å². The second kappa shape index (κ2) is 5.25. The SMILES string of the molecule is O=C([O-])Cc1ccc(C(=O)Cc2cccs2)s1. The van der Waals surface area contributed by atoms with Gasteiger partial charge in [-0.3, -0.25) is 4.79 Å². The summed E-state index contributed by atoms with van der Waals surface area (Å²) in [5, 5.41) is 12.3. The molecule has 2 aromatic rings. The Kier molecular flexibility index (Phi) is 3.71. The zero-order valence-electron chi connectivity index (χ0n) is 8.84. The van der Waals surface area contributed by atoms with Crippen molar-refractivity contribution in [3.05, 3.63) is 44.3 Å². The molecule has 0 aliphatic heterocycles. The molecule has 0 aliphatic carbocycles. The van der Waals surface area contributed by atoms with Gasteiger partial charge in [0, 0.05) is 28.6 Å². The first kappa shape index (κ1) is 12.0. The second-order valence-corrected chi connectivity index (χ2v) is 5.69. The van der Waals surface area contributed by atoms with Gasteiger partial charge in [-0.15, -0.1) is 22.7 Å². The van der Waals surface area contributed by atoms with E-state index < -0.39 is 5.97 Å². The summed E-state index contributed by atoms with van der Waals surface area (Å²) in [6, 6.07) is 7.17. The first-order valence-corrected chi connectivity index (χ1v) is 6.69. The molecule has 2 heterocycles. The summed E-state index contributed by atoms with van der Waals surface area (Å²) in [5.41, 5.74) is 0. The molecule has 0 saturated carbocycles. The average molecular weight is 265 g/mol. The van der Waals surface area contributed by atoms with Crippen LogP contribution in [-0.2, 0) is 17.6 Å². The monoisotopic (exact) mass is 265 g/mol. The second-order valence-electron chi connectivity index (χ2n) is 3.49. The van der Waals surface area contributed by atoms with Crippen LogP contribution in [0.2, 0.25) is 0 Å². The third-order valence-corrected chi connectivity index (χ3v) is 4.17. The number of Topliss-reactive ketones (excluding diaryl/α,β-unsaturated/α-hetero) is 1. The van der Waals surface area contributed by atoms with Crippen LogP contribution in [-0.4, -0.2) is 11.8 Å². The number of hydrogen-bond acceptors (Lipinski definition) is 5. The number of carbonyl (C=O) groups excluding carboxylic acids is 2. The summed E-state index contributed by atoms with van der Waals surface area (Å²) >= 11 is 2.77. The van der Waals surface area contributed by atoms with Gasteiger partial charge in [0.15, 0.2) is 5.78 Å². The van der Waals surface area contributed by atoms with E-state index in [0.29, 0.717) is 16.2 Å². The van der Waals surface area contributed by atoms with E-state index in [1.807, 2.05) is 17.5 Å². The van der Waals surface area contributed by atoms with Crippen molar-refractivity contribution in [2.45, 2.75) is 12.8 Å². The van der Waals surface area contributed by atoms with E-state index in [9.17, 15) is 14.7 Å². The van der Waals surface area contributed by atoms with Gasteiger partial charge in [-0.25, -0.2) is 0 Å². The maximum atomic E-state index is 11.9. The molecule has 17 heavy (non-hydrogen) atoms. The van der Waals surface area contributed by atoms with Crippen molar-refractivity contribution < 1.29 is 14.7 Å². The van der Waals surface area contributed by atoms with Crippen LogP contribution in [0.15, 0.2) is 29.6 Å². The van der Waals surface area contributed by atoms with E-state index in [4.69, 9.17) is 0 Å². The van der Waals surface area contributed by atoms with Crippen molar-refractivity contribution in [3.8, 4) is 0 Å². The number of carboxylic acids is 1. The molecule has 0 radical (unpaired) electrons. The number of aliphatic carboxylic acids is 1. The van der Waals surface area contributed by atoms with Gasteiger partial charge in [0.05, 0.1) is 4.88 Å². The van der Waals surface area contributed by atoms with Crippen molar-refractivity contribution in [2.75, 3.05) is 0 Å². The first-order chi connectivity index (χ1) is 8.15. The fourth-order valence-corrected chi connectivity index (χ4v) is 3.06. The molecular weight excluding hydrogens is 256 g/mol. The van der Waals surface area contributed by atoms with Crippen LogP contribution in [0, 0.1) is 0 Å². The largest absolute Gasteiger partial charge is 0.550 e. The zero-order valence-corrected chi connectivity index (χ0v) is 10.5. The Morgan fingerprint density at radius 1 is 1.12 bits per heavy atom. The van der Waals surface area contributed by atoms with E-state index in [1.165, 1.54) is 11.3 Å². The quantitative estimate of drug-likeness (QED) is 0.770. The fourth-order valence-electron chi connectivity index (χ4n) is 1.42. The molecule has 0 atom stereocenters. The van der Waals surface area contributed by atoms with Gasteiger partial charge < -0.3 is 9.90 Å². The molecule has 0 unspecified atom stereocenters. The van der Waals surface area contributed by atoms with E-state index in [2.05, 4.69) is 0 Å². The van der Waals surface area contributed by atoms with Gasteiger partial charge >= 0.3 is 0 Å². The number of rotatable bonds is 5. The Labute approximate surface area is 106 Å². The minimum Gasteiger partial charge on any atom is -0.550 e. The van der Waals surface area contributed by atoms with Crippen molar-refractivity contribution >= 4 is 34.4 Å². The third kappa shape index (κ3) is 3.25. The lowest BCUT2D eigenvalue weighted by atomic mass is 10.2. The topological polar surface area (TPSA) is 57.2 Å². The maximum absolute atomic E-state index is 11.9. The molecule has 0 bridgehead atoms. The molecule has 2 rings (SSSR count). The highest BCUT2D eigenvalue weighted by molar-refractivity contribution is 7.14. The van der Waals surface area contributed by atoms with Gasteiger partial charge in [0.25, 0.3) is 0 Å². The molecule has 0 fully saturated rings. The third-order valence-electron chi connectivity index (χ3n) is 2.17. The summed E-state index contributed by atoms with van der Waals surface area (Å²) in [7, 11) is 0. The van der Waals surface area contributed by atoms with Gasteiger partial charge in [-0.2, -0.15) is 0 Å². The van der Waals surface area contributed by atoms with Crippen molar-refractivity contribution in [3.63, 3.8) is 0 Å². The van der Waals surface area contributed by atoms with Crippen molar-refractivity contribution in [1.82, 2.24) is 0 Å². The Morgan fingerprint density at radius 2 is 1.94 bits per heavy atom. The highest BCUT2D eigenvalue weighted by Gasteiger charge is 2.10. The number of ketones is 1. The van der Waals surface area contributed by atoms with Gasteiger partial charge in [0.1, 0.15) is 0 Å². The van der Waals surface area contributed by atoms with E-state index in [0.717, 1.165) is 4.88 Å². The molecular formula is C12H9O3S2-. The Hall–Kier alpha value is -1.46. The summed E-state index contributed by atoms with van der Waals surface area (Å²) in [4.78, 5) is 24.6. The van der Waals surface area contributed by atoms with Crippen LogP contribution in [0.25, 0.3) is 0 Å². The highest BCUT2D eigenvalue weighted by atomic mass is 32.1. The van der Waals surface area contributed by atoms with Crippen molar-refractivity contribution in [1.29, 1.82) is 0 Å². The van der Waals surface area contributed by atoms with Crippen LogP contribution in [0.4, 0.5) is 0 Å². The predicted molar refractivity (Wildman–Crippen MR) is 65.4 cm³/mol. The molecule has 0 aliphatic rings. The zero-order chi connectivity index (χ0) is 12.3. The first-order valence-electron chi connectivity index (χ1n) is 4.99. The van der Waals surface area contributed by atoms with Crippen LogP contribution < -0.4 is 5.11 Å². The fraction of sp³-hybridized carbons (Fsp3) is 0.167. The predicted octanol–water partition coefficient (Wildman–Crippen LogP) is 1.53. The number of hydrogen-bond donors (Lipinski definition) is 0. The summed E-state index contributed by atoms with van der Waals surface area (Å²) in [5.74, 6) is -1.09. The maximum Gasteiger partial charge on any atom is 0.177 e. The molecule has 88 valence electrons. The Bertz CT molecular complexity index is 526. The van der Waals surface area contributed by atoms with E-state index in [-0.39, 0.29) is 12.2 Å². The van der Waals surface area contributed by atoms with Crippen LogP contribution in [0.1, 0.15) is 19.4 Å². The molecule has 0 amide bonds. The Balaban J connectivity index is 2.04. The molecule has 0 spiro atoms. The molecule has 3 nitrogen and oxygen atoms in total. The lowest BCUT2D eigenvalue weighted by Gasteiger charge is -1.97. The Morgan fingerprint density at radius 3 is 2.59 bits per heavy atom. The lowest BCUT2D eigenvalue weighted by molar-refractivity contribution is -0.304. The molecule has 0 saturated heterocycles. The summed E-state index contributed by atoms with van der Waals surface area (Å²) in [6.07, 6.45) is 0.250. The average Bonchev–Trinajstić information content (AvgIpc) is 2.87. The highest BCUT2D eigenvalue weighted by Crippen LogP contribution is 2.20. The summed E-state index contributed by atoms with van der Waals surface area (Å²) < 4.78 is 0. The van der Waals surface area contributed by atoms with Gasteiger partial charge in [-0.1, -0.05) is 6.07 Å². The smallest absolute Gasteiger partial charge is 0.177 e. The van der Waals surface area contributed by atoms with E-state index >= 15 is 0 Å². The number of carbonyl (C=O) groups is 2. The van der Waals surface area contributed by atoms with E-state index in [1.54, 1.807) is 23.5 Å². The van der Waals surface area contributed by atoms with Crippen LogP contribution in [0.5, 0.6) is 0 Å². The van der Waals surface area contributed by atoms with Gasteiger partial charge in [0.2, 0.25) is 0 Å². The normalized spacial score (nSPS) is 10.4.